The van der Waals surface area contributed by atoms with Crippen molar-refractivity contribution in [3.8, 4) is 0 Å². The first-order valence-corrected chi connectivity index (χ1v) is 6.15. The third-order valence-corrected chi connectivity index (χ3v) is 2.27. The molecule has 0 radical (unpaired) electrons. The van der Waals surface area contributed by atoms with Crippen molar-refractivity contribution in [2.24, 2.45) is 5.92 Å². The molecule has 0 atom stereocenters. The Labute approximate surface area is 108 Å². The van der Waals surface area contributed by atoms with E-state index in [1.165, 1.54) is 4.90 Å². The van der Waals surface area contributed by atoms with Gasteiger partial charge in [0, 0.05) is 19.5 Å². The van der Waals surface area contributed by atoms with Gasteiger partial charge in [-0.15, -0.1) is 0 Å². The Morgan fingerprint density at radius 3 is 2.39 bits per heavy atom. The zero-order chi connectivity index (χ0) is 14.0. The lowest BCUT2D eigenvalue weighted by Crippen LogP contribution is -2.36. The van der Waals surface area contributed by atoms with Crippen LogP contribution < -0.4 is 0 Å². The minimum Gasteiger partial charge on any atom is -0.481 e. The molecule has 6 heteroatoms. The summed E-state index contributed by atoms with van der Waals surface area (Å²) in [5.41, 5.74) is 0. The Balaban J connectivity index is 4.14. The van der Waals surface area contributed by atoms with Gasteiger partial charge < -0.3 is 19.8 Å². The van der Waals surface area contributed by atoms with Crippen molar-refractivity contribution in [3.63, 3.8) is 0 Å². The van der Waals surface area contributed by atoms with Crippen LogP contribution in [0.15, 0.2) is 0 Å². The highest BCUT2D eigenvalue weighted by molar-refractivity contribution is 5.77. The molecule has 106 valence electrons. The van der Waals surface area contributed by atoms with Crippen LogP contribution in [0.3, 0.4) is 0 Å². The summed E-state index contributed by atoms with van der Waals surface area (Å²) in [4.78, 5) is 23.9. The number of aliphatic hydroxyl groups excluding tert-OH is 1. The van der Waals surface area contributed by atoms with Crippen LogP contribution in [-0.2, 0) is 14.3 Å². The topological polar surface area (TPSA) is 87.1 Å². The molecule has 0 aromatic carbocycles. The molecule has 0 aliphatic rings. The maximum Gasteiger partial charge on any atom is 0.305 e. The predicted octanol–water partition coefficient (Wildman–Crippen LogP) is 0.345. The van der Waals surface area contributed by atoms with Gasteiger partial charge in [0.2, 0.25) is 5.91 Å². The van der Waals surface area contributed by atoms with Gasteiger partial charge in [-0.1, -0.05) is 13.8 Å². The quantitative estimate of drug-likeness (QED) is 0.554. The number of carboxylic acids is 1. The second-order valence-corrected chi connectivity index (χ2v) is 4.46. The van der Waals surface area contributed by atoms with Gasteiger partial charge in [0.25, 0.3) is 0 Å². The van der Waals surface area contributed by atoms with Crippen LogP contribution >= 0.6 is 0 Å². The number of nitrogens with zero attached hydrogens (tertiary/aromatic N) is 1. The average Bonchev–Trinajstić information content (AvgIpc) is 2.26. The van der Waals surface area contributed by atoms with Crippen LogP contribution in [0.4, 0.5) is 0 Å². The summed E-state index contributed by atoms with van der Waals surface area (Å²) in [6.45, 7) is 4.91. The second kappa shape index (κ2) is 9.85. The normalized spacial score (nSPS) is 10.7. The molecule has 0 heterocycles. The van der Waals surface area contributed by atoms with Gasteiger partial charge in [0.15, 0.2) is 0 Å². The first kappa shape index (κ1) is 16.9. The summed E-state index contributed by atoms with van der Waals surface area (Å²) in [5, 5.41) is 17.2. The summed E-state index contributed by atoms with van der Waals surface area (Å²) in [6, 6.07) is 0. The van der Waals surface area contributed by atoms with E-state index in [1.54, 1.807) is 0 Å². The Hall–Kier alpha value is -1.14. The van der Waals surface area contributed by atoms with Crippen molar-refractivity contribution in [3.05, 3.63) is 0 Å². The van der Waals surface area contributed by atoms with Crippen molar-refractivity contribution < 1.29 is 24.5 Å². The highest BCUT2D eigenvalue weighted by Gasteiger charge is 2.15. The fourth-order valence-electron chi connectivity index (χ4n) is 1.41. The summed E-state index contributed by atoms with van der Waals surface area (Å²) in [7, 11) is 0. The van der Waals surface area contributed by atoms with Crippen molar-refractivity contribution in [2.45, 2.75) is 26.7 Å². The number of aliphatic carboxylic acids is 1. The van der Waals surface area contributed by atoms with Crippen molar-refractivity contribution in [1.29, 1.82) is 0 Å². The van der Waals surface area contributed by atoms with Crippen molar-refractivity contribution >= 4 is 11.9 Å². The molecule has 18 heavy (non-hydrogen) atoms. The largest absolute Gasteiger partial charge is 0.481 e. The number of ether oxygens (including phenoxy) is 1. The monoisotopic (exact) mass is 261 g/mol. The Bertz CT molecular complexity index is 255. The molecule has 0 spiro atoms. The molecule has 0 saturated carbocycles. The Morgan fingerprint density at radius 1 is 1.22 bits per heavy atom. The lowest BCUT2D eigenvalue weighted by Gasteiger charge is -2.22. The molecule has 0 saturated heterocycles. The standard InChI is InChI=1S/C12H23NO5/c1-10(2)9-11(15)13(4-3-12(16)17)5-7-18-8-6-14/h10,14H,3-9H2,1-2H3,(H,16,17). The highest BCUT2D eigenvalue weighted by atomic mass is 16.5. The van der Waals surface area contributed by atoms with Gasteiger partial charge in [-0.2, -0.15) is 0 Å². The zero-order valence-corrected chi connectivity index (χ0v) is 11.1. The lowest BCUT2D eigenvalue weighted by atomic mass is 10.1. The molecule has 0 aromatic rings. The minimum atomic E-state index is -0.923. The Morgan fingerprint density at radius 2 is 1.89 bits per heavy atom. The van der Waals surface area contributed by atoms with E-state index < -0.39 is 5.97 Å². The number of amides is 1. The smallest absolute Gasteiger partial charge is 0.305 e. The van der Waals surface area contributed by atoms with Crippen molar-refractivity contribution in [1.82, 2.24) is 4.90 Å². The lowest BCUT2D eigenvalue weighted by molar-refractivity contribution is -0.139. The molecule has 0 aliphatic heterocycles. The first-order valence-electron chi connectivity index (χ1n) is 6.15. The van der Waals surface area contributed by atoms with Crippen LogP contribution in [0.1, 0.15) is 26.7 Å². The number of carbonyl (C=O) groups excluding carboxylic acids is 1. The highest BCUT2D eigenvalue weighted by Crippen LogP contribution is 2.05. The molecule has 2 N–H and O–H groups in total. The summed E-state index contributed by atoms with van der Waals surface area (Å²) in [5.74, 6) is -0.740. The second-order valence-electron chi connectivity index (χ2n) is 4.46. The van der Waals surface area contributed by atoms with Gasteiger partial charge in [0.1, 0.15) is 0 Å². The number of aliphatic hydroxyl groups is 1. The average molecular weight is 261 g/mol. The van der Waals surface area contributed by atoms with Crippen LogP contribution in [-0.4, -0.2) is 59.9 Å². The summed E-state index contributed by atoms with van der Waals surface area (Å²) in [6.07, 6.45) is 0.337. The fraction of sp³-hybridized carbons (Fsp3) is 0.833. The molecule has 0 unspecified atom stereocenters. The van der Waals surface area contributed by atoms with Gasteiger partial charge in [-0.3, -0.25) is 9.59 Å². The van der Waals surface area contributed by atoms with E-state index in [2.05, 4.69) is 0 Å². The number of carboxylic acid groups (broad SMARTS) is 1. The summed E-state index contributed by atoms with van der Waals surface area (Å²) < 4.78 is 5.08. The van der Waals surface area contributed by atoms with E-state index in [0.29, 0.717) is 19.6 Å². The molecule has 0 fully saturated rings. The third kappa shape index (κ3) is 8.95. The van der Waals surface area contributed by atoms with E-state index >= 15 is 0 Å². The van der Waals surface area contributed by atoms with E-state index in [-0.39, 0.29) is 38.0 Å². The molecule has 0 rings (SSSR count). The minimum absolute atomic E-state index is 0.0566. The van der Waals surface area contributed by atoms with Crippen LogP contribution in [0.2, 0.25) is 0 Å². The first-order chi connectivity index (χ1) is 8.47. The van der Waals surface area contributed by atoms with Gasteiger partial charge in [-0.05, 0) is 5.92 Å². The molecule has 1 amide bonds. The Kier molecular flexibility index (Phi) is 9.22. The summed E-state index contributed by atoms with van der Waals surface area (Å²) >= 11 is 0. The molecule has 0 bridgehead atoms. The number of carbonyl (C=O) groups is 2. The third-order valence-electron chi connectivity index (χ3n) is 2.27. The maximum atomic E-state index is 11.9. The maximum absolute atomic E-state index is 11.9. The van der Waals surface area contributed by atoms with E-state index in [1.807, 2.05) is 13.8 Å². The van der Waals surface area contributed by atoms with Crippen molar-refractivity contribution in [2.75, 3.05) is 32.9 Å². The number of hydrogen-bond acceptors (Lipinski definition) is 4. The molecular weight excluding hydrogens is 238 g/mol. The van der Waals surface area contributed by atoms with Crippen LogP contribution in [0.5, 0.6) is 0 Å². The van der Waals surface area contributed by atoms with E-state index in [9.17, 15) is 9.59 Å². The molecule has 0 aromatic heterocycles. The van der Waals surface area contributed by atoms with Crippen LogP contribution in [0, 0.1) is 5.92 Å². The molecular formula is C12H23NO5. The molecule has 0 aliphatic carbocycles. The van der Waals surface area contributed by atoms with E-state index in [4.69, 9.17) is 14.9 Å². The van der Waals surface area contributed by atoms with Gasteiger partial charge in [0.05, 0.1) is 26.2 Å². The van der Waals surface area contributed by atoms with Gasteiger partial charge >= 0.3 is 5.97 Å². The number of hydrogen-bond donors (Lipinski definition) is 2. The van der Waals surface area contributed by atoms with Gasteiger partial charge in [-0.25, -0.2) is 0 Å². The zero-order valence-electron chi connectivity index (χ0n) is 11.1. The number of rotatable bonds is 10. The van der Waals surface area contributed by atoms with E-state index in [0.717, 1.165) is 0 Å². The SMILES string of the molecule is CC(C)CC(=O)N(CCOCCO)CCC(=O)O. The van der Waals surface area contributed by atoms with Crippen LogP contribution in [0.25, 0.3) is 0 Å². The predicted molar refractivity (Wildman–Crippen MR) is 66.2 cm³/mol. The fourth-order valence-corrected chi connectivity index (χ4v) is 1.41. The molecule has 6 nitrogen and oxygen atoms in total.